The number of hydrogen-bond donors (Lipinski definition) is 0. The average molecular weight is 353 g/mol. The minimum atomic E-state index is -4.75. The Morgan fingerprint density at radius 2 is 1.83 bits per heavy atom. The summed E-state index contributed by atoms with van der Waals surface area (Å²) in [6, 6.07) is 8.21. The second-order valence-electron chi connectivity index (χ2n) is 4.01. The quantitative estimate of drug-likeness (QED) is 0.604. The van der Waals surface area contributed by atoms with Gasteiger partial charge in [-0.3, -0.25) is 0 Å². The van der Waals surface area contributed by atoms with Crippen molar-refractivity contribution in [2.24, 2.45) is 5.16 Å². The molecule has 2 rings (SSSR count). The van der Waals surface area contributed by atoms with E-state index in [1.807, 2.05) is 0 Å². The van der Waals surface area contributed by atoms with Crippen molar-refractivity contribution in [2.45, 2.75) is 13.0 Å². The number of halogens is 3. The van der Waals surface area contributed by atoms with Crippen LogP contribution in [0.5, 0.6) is 5.75 Å². The minimum Gasteiger partial charge on any atom is -0.406 e. The molecule has 11 heteroatoms. The fourth-order valence-electron chi connectivity index (χ4n) is 1.45. The number of nitrogens with zero attached hydrogens (tertiary/aromatic N) is 5. The molecule has 0 atom stereocenters. The molecule has 2 aromatic rings. The van der Waals surface area contributed by atoms with E-state index in [2.05, 4.69) is 20.1 Å². The lowest BCUT2D eigenvalue weighted by molar-refractivity contribution is -0.274. The Bertz CT molecular complexity index is 802. The Hall–Kier alpha value is -3.18. The van der Waals surface area contributed by atoms with Crippen molar-refractivity contribution in [3.8, 4) is 28.5 Å². The van der Waals surface area contributed by atoms with E-state index in [-0.39, 0.29) is 12.4 Å². The third-order valence-corrected chi connectivity index (χ3v) is 3.30. The number of oxime groups is 1. The molecule has 122 valence electrons. The van der Waals surface area contributed by atoms with Gasteiger partial charge < -0.3 is 9.57 Å². The van der Waals surface area contributed by atoms with Crippen molar-refractivity contribution < 1.29 is 22.7 Å². The lowest BCUT2D eigenvalue weighted by atomic mass is 10.2. The highest BCUT2D eigenvalue weighted by atomic mass is 32.1. The van der Waals surface area contributed by atoms with E-state index in [4.69, 9.17) is 15.4 Å². The highest BCUT2D eigenvalue weighted by molar-refractivity contribution is 7.14. The fraction of sp³-hybridized carbons (Fsp3) is 0.154. The van der Waals surface area contributed by atoms with Gasteiger partial charge in [-0.2, -0.15) is 10.5 Å². The van der Waals surface area contributed by atoms with Crippen LogP contribution in [-0.2, 0) is 11.4 Å². The minimum absolute atomic E-state index is 0.0974. The van der Waals surface area contributed by atoms with Crippen LogP contribution in [0.4, 0.5) is 13.2 Å². The van der Waals surface area contributed by atoms with Crippen molar-refractivity contribution in [3.63, 3.8) is 0 Å². The maximum atomic E-state index is 12.1. The van der Waals surface area contributed by atoms with Crippen LogP contribution in [0.3, 0.4) is 0 Å². The number of alkyl halides is 3. The van der Waals surface area contributed by atoms with Gasteiger partial charge in [0.2, 0.25) is 0 Å². The highest BCUT2D eigenvalue weighted by Gasteiger charge is 2.31. The van der Waals surface area contributed by atoms with Gasteiger partial charge in [-0.15, -0.1) is 23.4 Å². The normalized spacial score (nSPS) is 10.4. The summed E-state index contributed by atoms with van der Waals surface area (Å²) in [6.07, 6.45) is -4.75. The van der Waals surface area contributed by atoms with E-state index >= 15 is 0 Å². The molecule has 0 aliphatic rings. The van der Waals surface area contributed by atoms with Gasteiger partial charge in [0.15, 0.2) is 11.6 Å². The van der Waals surface area contributed by atoms with Gasteiger partial charge in [-0.05, 0) is 24.3 Å². The first-order valence-electron chi connectivity index (χ1n) is 6.10. The fourth-order valence-corrected chi connectivity index (χ4v) is 2.20. The van der Waals surface area contributed by atoms with Gasteiger partial charge in [0.25, 0.3) is 5.71 Å². The molecule has 0 saturated heterocycles. The van der Waals surface area contributed by atoms with Gasteiger partial charge in [-0.1, -0.05) is 16.5 Å². The van der Waals surface area contributed by atoms with Gasteiger partial charge in [0, 0.05) is 5.56 Å². The first kappa shape index (κ1) is 17.2. The molecule has 0 fully saturated rings. The summed E-state index contributed by atoms with van der Waals surface area (Å²) in [7, 11) is 0. The van der Waals surface area contributed by atoms with Crippen molar-refractivity contribution in [1.29, 1.82) is 10.5 Å². The topological polar surface area (TPSA) is 104 Å². The molecule has 1 aromatic heterocycles. The summed E-state index contributed by atoms with van der Waals surface area (Å²) in [5.41, 5.74) is 0.117. The van der Waals surface area contributed by atoms with E-state index in [0.29, 0.717) is 15.6 Å². The molecule has 1 aromatic carbocycles. The van der Waals surface area contributed by atoms with E-state index in [0.717, 1.165) is 23.5 Å². The largest absolute Gasteiger partial charge is 0.573 e. The maximum Gasteiger partial charge on any atom is 0.573 e. The number of rotatable bonds is 5. The lowest BCUT2D eigenvalue weighted by Gasteiger charge is -2.08. The van der Waals surface area contributed by atoms with E-state index < -0.39 is 12.1 Å². The van der Waals surface area contributed by atoms with Crippen LogP contribution in [0.25, 0.3) is 10.6 Å². The zero-order valence-electron chi connectivity index (χ0n) is 11.6. The zero-order chi connectivity index (χ0) is 17.6. The van der Waals surface area contributed by atoms with Gasteiger partial charge in [-0.25, -0.2) is 0 Å². The lowest BCUT2D eigenvalue weighted by Crippen LogP contribution is -2.16. The SMILES string of the molecule is N#CC(C#N)=NOCc1nnc(-c2ccc(OC(F)(F)F)cc2)s1. The second-order valence-corrected chi connectivity index (χ2v) is 5.07. The molecule has 0 unspecified atom stereocenters. The number of nitriles is 2. The Balaban J connectivity index is 2.02. The molecule has 0 saturated carbocycles. The average Bonchev–Trinajstić information content (AvgIpc) is 3.00. The standard InChI is InChI=1S/C13H6F3N5O2S/c14-13(15,16)23-10-3-1-8(2-4-10)12-20-19-11(24-12)7-22-21-9(5-17)6-18/h1-4H,7H2. The van der Waals surface area contributed by atoms with Gasteiger partial charge in [0.1, 0.15) is 22.9 Å². The summed E-state index contributed by atoms with van der Waals surface area (Å²) in [4.78, 5) is 4.79. The van der Waals surface area contributed by atoms with Crippen LogP contribution in [0.15, 0.2) is 29.4 Å². The molecular weight excluding hydrogens is 347 g/mol. The van der Waals surface area contributed by atoms with E-state index in [1.54, 1.807) is 0 Å². The van der Waals surface area contributed by atoms with Crippen molar-refractivity contribution in [2.75, 3.05) is 0 Å². The summed E-state index contributed by atoms with van der Waals surface area (Å²) >= 11 is 1.13. The summed E-state index contributed by atoms with van der Waals surface area (Å²) < 4.78 is 40.0. The Labute approximate surface area is 137 Å². The highest BCUT2D eigenvalue weighted by Crippen LogP contribution is 2.28. The van der Waals surface area contributed by atoms with Crippen molar-refractivity contribution in [1.82, 2.24) is 10.2 Å². The second kappa shape index (κ2) is 7.39. The molecular formula is C13H6F3N5O2S. The molecule has 0 aliphatic heterocycles. The molecule has 0 spiro atoms. The van der Waals surface area contributed by atoms with Crippen LogP contribution < -0.4 is 4.74 Å². The van der Waals surface area contributed by atoms with Crippen LogP contribution in [0.1, 0.15) is 5.01 Å². The van der Waals surface area contributed by atoms with Gasteiger partial charge >= 0.3 is 6.36 Å². The van der Waals surface area contributed by atoms with E-state index in [1.165, 1.54) is 24.3 Å². The summed E-state index contributed by atoms with van der Waals surface area (Å²) in [6.45, 7) is -0.0974. The molecule has 24 heavy (non-hydrogen) atoms. The predicted molar refractivity (Wildman–Crippen MR) is 75.5 cm³/mol. The molecule has 1 heterocycles. The number of benzene rings is 1. The number of hydrogen-bond acceptors (Lipinski definition) is 8. The Morgan fingerprint density at radius 1 is 1.17 bits per heavy atom. The molecule has 0 radical (unpaired) electrons. The molecule has 7 nitrogen and oxygen atoms in total. The van der Waals surface area contributed by atoms with Crippen LogP contribution in [0.2, 0.25) is 0 Å². The molecule has 0 bridgehead atoms. The third-order valence-electron chi connectivity index (χ3n) is 2.36. The number of aromatic nitrogens is 2. The smallest absolute Gasteiger partial charge is 0.406 e. The molecule has 0 amide bonds. The maximum absolute atomic E-state index is 12.1. The Morgan fingerprint density at radius 3 is 2.42 bits per heavy atom. The first-order chi connectivity index (χ1) is 11.4. The predicted octanol–water partition coefficient (Wildman–Crippen LogP) is 3.02. The number of ether oxygens (including phenoxy) is 1. The summed E-state index contributed by atoms with van der Waals surface area (Å²) in [5.74, 6) is -0.339. The third kappa shape index (κ3) is 4.93. The van der Waals surface area contributed by atoms with E-state index in [9.17, 15) is 13.2 Å². The zero-order valence-corrected chi connectivity index (χ0v) is 12.4. The van der Waals surface area contributed by atoms with Crippen LogP contribution in [-0.4, -0.2) is 22.3 Å². The van der Waals surface area contributed by atoms with Crippen LogP contribution in [0, 0.1) is 22.7 Å². The van der Waals surface area contributed by atoms with Gasteiger partial charge in [0.05, 0.1) is 0 Å². The van der Waals surface area contributed by atoms with Crippen molar-refractivity contribution in [3.05, 3.63) is 29.3 Å². The molecule has 0 N–H and O–H groups in total. The monoisotopic (exact) mass is 353 g/mol. The molecule has 0 aliphatic carbocycles. The van der Waals surface area contributed by atoms with Crippen LogP contribution >= 0.6 is 11.3 Å². The Kier molecular flexibility index (Phi) is 5.29. The first-order valence-corrected chi connectivity index (χ1v) is 6.91. The van der Waals surface area contributed by atoms with Crippen molar-refractivity contribution >= 4 is 17.0 Å². The summed E-state index contributed by atoms with van der Waals surface area (Å²) in [5, 5.41) is 28.8.